The topological polar surface area (TPSA) is 78.4 Å². The van der Waals surface area contributed by atoms with Gasteiger partial charge in [0.15, 0.2) is 0 Å². The summed E-state index contributed by atoms with van der Waals surface area (Å²) >= 11 is 0. The first-order chi connectivity index (χ1) is 8.46. The van der Waals surface area contributed by atoms with Crippen LogP contribution in [0.4, 0.5) is 0 Å². The molecule has 104 valence electrons. The summed E-state index contributed by atoms with van der Waals surface area (Å²) in [4.78, 5) is 23.8. The molecule has 1 aliphatic heterocycles. The van der Waals surface area contributed by atoms with Gasteiger partial charge in [-0.15, -0.1) is 0 Å². The van der Waals surface area contributed by atoms with E-state index in [1.807, 2.05) is 6.92 Å². The Balaban J connectivity index is 2.87. The van der Waals surface area contributed by atoms with E-state index in [4.69, 9.17) is 0 Å². The summed E-state index contributed by atoms with van der Waals surface area (Å²) in [6.45, 7) is 6.36. The first-order valence-corrected chi connectivity index (χ1v) is 6.77. The minimum absolute atomic E-state index is 0.173. The molecule has 1 saturated heterocycles. The quantitative estimate of drug-likeness (QED) is 0.669. The zero-order valence-corrected chi connectivity index (χ0v) is 11.5. The van der Waals surface area contributed by atoms with Crippen molar-refractivity contribution < 1.29 is 14.7 Å². The van der Waals surface area contributed by atoms with Gasteiger partial charge in [-0.2, -0.15) is 0 Å². The first-order valence-electron chi connectivity index (χ1n) is 6.77. The number of carbonyl (C=O) groups excluding carboxylic acids is 1. The van der Waals surface area contributed by atoms with Crippen molar-refractivity contribution in [3.8, 4) is 0 Å². The van der Waals surface area contributed by atoms with Crippen LogP contribution < -0.4 is 10.6 Å². The number of carbonyl (C=O) groups is 2. The van der Waals surface area contributed by atoms with Crippen molar-refractivity contribution in [2.75, 3.05) is 6.54 Å². The summed E-state index contributed by atoms with van der Waals surface area (Å²) in [5.41, 5.74) is -1.71. The van der Waals surface area contributed by atoms with Gasteiger partial charge in [0.2, 0.25) is 5.91 Å². The molecule has 1 rings (SSSR count). The Hall–Kier alpha value is -1.10. The third kappa shape index (κ3) is 2.51. The SMILES string of the molecule is CCC(CC)(NC(=O)C1(CC)CCCN1)C(=O)O. The van der Waals surface area contributed by atoms with Crippen molar-refractivity contribution >= 4 is 11.9 Å². The van der Waals surface area contributed by atoms with Gasteiger partial charge in [-0.3, -0.25) is 4.79 Å². The van der Waals surface area contributed by atoms with E-state index in [1.54, 1.807) is 13.8 Å². The molecule has 0 aromatic heterocycles. The molecule has 3 N–H and O–H groups in total. The minimum atomic E-state index is -1.14. The summed E-state index contributed by atoms with van der Waals surface area (Å²) < 4.78 is 0. The largest absolute Gasteiger partial charge is 0.480 e. The number of rotatable bonds is 6. The molecule has 1 amide bonds. The summed E-state index contributed by atoms with van der Waals surface area (Å²) in [5, 5.41) is 15.3. The van der Waals surface area contributed by atoms with Crippen molar-refractivity contribution in [2.45, 2.75) is 64.0 Å². The Morgan fingerprint density at radius 2 is 1.94 bits per heavy atom. The van der Waals surface area contributed by atoms with E-state index in [-0.39, 0.29) is 5.91 Å². The second-order valence-corrected chi connectivity index (χ2v) is 5.01. The number of nitrogens with one attached hydrogen (secondary N) is 2. The third-order valence-corrected chi connectivity index (χ3v) is 4.25. The van der Waals surface area contributed by atoms with Gasteiger partial charge >= 0.3 is 5.97 Å². The van der Waals surface area contributed by atoms with E-state index < -0.39 is 17.0 Å². The van der Waals surface area contributed by atoms with Crippen LogP contribution in [0, 0.1) is 0 Å². The highest BCUT2D eigenvalue weighted by Crippen LogP contribution is 2.25. The van der Waals surface area contributed by atoms with Crippen LogP contribution in [0.1, 0.15) is 52.9 Å². The predicted octanol–water partition coefficient (Wildman–Crippen LogP) is 1.28. The van der Waals surface area contributed by atoms with Gasteiger partial charge in [-0.25, -0.2) is 4.79 Å². The first kappa shape index (κ1) is 15.0. The van der Waals surface area contributed by atoms with Crippen LogP contribution in [0.25, 0.3) is 0 Å². The molecule has 0 aromatic rings. The molecule has 0 radical (unpaired) electrons. The van der Waals surface area contributed by atoms with Crippen molar-refractivity contribution in [3.63, 3.8) is 0 Å². The lowest BCUT2D eigenvalue weighted by Gasteiger charge is -2.34. The normalized spacial score (nSPS) is 23.9. The van der Waals surface area contributed by atoms with E-state index >= 15 is 0 Å². The number of carboxylic acids is 1. The standard InChI is InChI=1S/C13H24N2O3/c1-4-12(5-2,11(17)18)15-10(16)13(6-3)8-7-9-14-13/h14H,4-9H2,1-3H3,(H,15,16)(H,17,18). The maximum atomic E-state index is 12.4. The smallest absolute Gasteiger partial charge is 0.329 e. The number of hydrogen-bond donors (Lipinski definition) is 3. The number of carboxylic acid groups (broad SMARTS) is 1. The van der Waals surface area contributed by atoms with Crippen LogP contribution in [-0.4, -0.2) is 34.6 Å². The highest BCUT2D eigenvalue weighted by molar-refractivity contribution is 5.92. The van der Waals surface area contributed by atoms with E-state index in [1.165, 1.54) is 0 Å². The van der Waals surface area contributed by atoms with Gasteiger partial charge in [-0.1, -0.05) is 20.8 Å². The van der Waals surface area contributed by atoms with Gasteiger partial charge in [0, 0.05) is 0 Å². The lowest BCUT2D eigenvalue weighted by molar-refractivity contribution is -0.149. The van der Waals surface area contributed by atoms with Crippen molar-refractivity contribution in [1.29, 1.82) is 0 Å². The monoisotopic (exact) mass is 256 g/mol. The lowest BCUT2D eigenvalue weighted by atomic mass is 9.88. The average molecular weight is 256 g/mol. The molecule has 5 nitrogen and oxygen atoms in total. The molecule has 1 unspecified atom stereocenters. The molecule has 1 fully saturated rings. The molecule has 0 spiro atoms. The second kappa shape index (κ2) is 5.69. The van der Waals surface area contributed by atoms with Crippen LogP contribution >= 0.6 is 0 Å². The lowest BCUT2D eigenvalue weighted by Crippen LogP contribution is -2.62. The third-order valence-electron chi connectivity index (χ3n) is 4.25. The molecule has 0 saturated carbocycles. The molecule has 18 heavy (non-hydrogen) atoms. The Morgan fingerprint density at radius 3 is 2.28 bits per heavy atom. The highest BCUT2D eigenvalue weighted by atomic mass is 16.4. The van der Waals surface area contributed by atoms with E-state index in [2.05, 4.69) is 10.6 Å². The van der Waals surface area contributed by atoms with Gasteiger partial charge < -0.3 is 15.7 Å². The maximum Gasteiger partial charge on any atom is 0.329 e. The zero-order valence-electron chi connectivity index (χ0n) is 11.5. The van der Waals surface area contributed by atoms with Gasteiger partial charge in [-0.05, 0) is 38.6 Å². The summed E-state index contributed by atoms with van der Waals surface area (Å²) in [7, 11) is 0. The summed E-state index contributed by atoms with van der Waals surface area (Å²) in [6.07, 6.45) is 3.20. The fourth-order valence-electron chi connectivity index (χ4n) is 2.58. The van der Waals surface area contributed by atoms with Crippen molar-refractivity contribution in [1.82, 2.24) is 10.6 Å². The van der Waals surface area contributed by atoms with E-state index in [0.717, 1.165) is 19.4 Å². The van der Waals surface area contributed by atoms with Crippen LogP contribution in [0.2, 0.25) is 0 Å². The number of hydrogen-bond acceptors (Lipinski definition) is 3. The van der Waals surface area contributed by atoms with E-state index in [9.17, 15) is 14.7 Å². The molecule has 1 atom stereocenters. The molecule has 0 bridgehead atoms. The molecule has 1 aliphatic rings. The van der Waals surface area contributed by atoms with E-state index in [0.29, 0.717) is 19.3 Å². The fourth-order valence-corrected chi connectivity index (χ4v) is 2.58. The Labute approximate surface area is 108 Å². The van der Waals surface area contributed by atoms with Crippen LogP contribution in [-0.2, 0) is 9.59 Å². The molecule has 1 heterocycles. The molecular formula is C13H24N2O3. The summed E-state index contributed by atoms with van der Waals surface area (Å²) in [6, 6.07) is 0. The molecule has 0 aromatic carbocycles. The number of aliphatic carboxylic acids is 1. The van der Waals surface area contributed by atoms with Gasteiger partial charge in [0.1, 0.15) is 5.54 Å². The predicted molar refractivity (Wildman–Crippen MR) is 69.4 cm³/mol. The minimum Gasteiger partial charge on any atom is -0.480 e. The Kier molecular flexibility index (Phi) is 4.73. The van der Waals surface area contributed by atoms with Crippen molar-refractivity contribution in [2.24, 2.45) is 0 Å². The van der Waals surface area contributed by atoms with Crippen LogP contribution in [0.5, 0.6) is 0 Å². The Bertz CT molecular complexity index is 318. The van der Waals surface area contributed by atoms with Gasteiger partial charge in [0.25, 0.3) is 0 Å². The van der Waals surface area contributed by atoms with Gasteiger partial charge in [0.05, 0.1) is 5.54 Å². The Morgan fingerprint density at radius 1 is 1.33 bits per heavy atom. The molecule has 5 heteroatoms. The second-order valence-electron chi connectivity index (χ2n) is 5.01. The average Bonchev–Trinajstić information content (AvgIpc) is 2.85. The number of amides is 1. The zero-order chi connectivity index (χ0) is 13.8. The van der Waals surface area contributed by atoms with Crippen LogP contribution in [0.3, 0.4) is 0 Å². The molecule has 0 aliphatic carbocycles. The van der Waals surface area contributed by atoms with Crippen LogP contribution in [0.15, 0.2) is 0 Å². The van der Waals surface area contributed by atoms with Crippen molar-refractivity contribution in [3.05, 3.63) is 0 Å². The highest BCUT2D eigenvalue weighted by Gasteiger charge is 2.44. The summed E-state index contributed by atoms with van der Waals surface area (Å²) in [5.74, 6) is -1.13. The fraction of sp³-hybridized carbons (Fsp3) is 0.846. The molecular weight excluding hydrogens is 232 g/mol. The maximum absolute atomic E-state index is 12.4.